The van der Waals surface area contributed by atoms with Gasteiger partial charge in [-0.05, 0) is 31.0 Å². The Bertz CT molecular complexity index is 429. The molecule has 0 aliphatic heterocycles. The monoisotopic (exact) mass is 279 g/mol. The van der Waals surface area contributed by atoms with E-state index in [1.165, 1.54) is 0 Å². The van der Waals surface area contributed by atoms with Gasteiger partial charge >= 0.3 is 0 Å². The number of rotatable bonds is 8. The van der Waals surface area contributed by atoms with E-state index in [1.807, 2.05) is 45.0 Å². The van der Waals surface area contributed by atoms with Crippen LogP contribution < -0.4 is 10.1 Å². The molecule has 0 spiro atoms. The summed E-state index contributed by atoms with van der Waals surface area (Å²) in [6, 6.07) is 7.86. The van der Waals surface area contributed by atoms with Gasteiger partial charge in [0.25, 0.3) is 0 Å². The van der Waals surface area contributed by atoms with Crippen molar-refractivity contribution in [1.82, 2.24) is 5.32 Å². The molecule has 1 amide bonds. The van der Waals surface area contributed by atoms with Crippen LogP contribution in [0.3, 0.4) is 0 Å². The number of benzene rings is 1. The highest BCUT2D eigenvalue weighted by Crippen LogP contribution is 2.13. The number of aliphatic hydroxyl groups excluding tert-OH is 1. The number of carbonyl (C=O) groups is 1. The summed E-state index contributed by atoms with van der Waals surface area (Å²) < 4.78 is 5.58. The Labute approximate surface area is 121 Å². The van der Waals surface area contributed by atoms with Crippen molar-refractivity contribution in [2.75, 3.05) is 19.8 Å². The molecule has 0 aromatic heterocycles. The van der Waals surface area contributed by atoms with Crippen LogP contribution in [0.1, 0.15) is 32.3 Å². The standard InChI is InChI=1S/C16H25NO3/c1-13-6-4-7-14(10-13)20-9-5-8-15(19)17-11-16(2,3)12-18/h4,6-7,10,18H,5,8-9,11-12H2,1-3H3,(H,17,19). The zero-order valence-electron chi connectivity index (χ0n) is 12.6. The Morgan fingerprint density at radius 3 is 2.80 bits per heavy atom. The SMILES string of the molecule is Cc1cccc(OCCCC(=O)NCC(C)(C)CO)c1. The molecule has 20 heavy (non-hydrogen) atoms. The van der Waals surface area contributed by atoms with E-state index in [2.05, 4.69) is 5.32 Å². The number of aryl methyl sites for hydroxylation is 1. The van der Waals surface area contributed by atoms with Gasteiger partial charge in [-0.3, -0.25) is 4.79 Å². The first-order valence-corrected chi connectivity index (χ1v) is 7.00. The molecular weight excluding hydrogens is 254 g/mol. The van der Waals surface area contributed by atoms with Gasteiger partial charge in [0, 0.05) is 25.0 Å². The minimum absolute atomic E-state index is 0.000586. The topological polar surface area (TPSA) is 58.6 Å². The molecule has 4 nitrogen and oxygen atoms in total. The van der Waals surface area contributed by atoms with Gasteiger partial charge in [-0.1, -0.05) is 26.0 Å². The first kappa shape index (κ1) is 16.5. The fraction of sp³-hybridized carbons (Fsp3) is 0.562. The van der Waals surface area contributed by atoms with E-state index >= 15 is 0 Å². The molecule has 1 rings (SSSR count). The summed E-state index contributed by atoms with van der Waals surface area (Å²) in [7, 11) is 0. The van der Waals surface area contributed by atoms with E-state index in [1.54, 1.807) is 0 Å². The first-order valence-electron chi connectivity index (χ1n) is 7.00. The van der Waals surface area contributed by atoms with Crippen LogP contribution >= 0.6 is 0 Å². The summed E-state index contributed by atoms with van der Waals surface area (Å²) in [4.78, 5) is 11.6. The third-order valence-corrected chi connectivity index (χ3v) is 3.00. The van der Waals surface area contributed by atoms with Gasteiger partial charge in [-0.2, -0.15) is 0 Å². The third kappa shape index (κ3) is 6.57. The first-order chi connectivity index (χ1) is 9.43. The summed E-state index contributed by atoms with van der Waals surface area (Å²) in [6.07, 6.45) is 1.12. The summed E-state index contributed by atoms with van der Waals surface area (Å²) in [6.45, 7) is 6.91. The normalized spacial score (nSPS) is 11.2. The minimum atomic E-state index is -0.270. The highest BCUT2D eigenvalue weighted by molar-refractivity contribution is 5.75. The van der Waals surface area contributed by atoms with Crippen LogP contribution in [0, 0.1) is 12.3 Å². The molecule has 0 aliphatic carbocycles. The molecule has 0 unspecified atom stereocenters. The zero-order valence-corrected chi connectivity index (χ0v) is 12.6. The number of ether oxygens (including phenoxy) is 1. The van der Waals surface area contributed by atoms with Crippen molar-refractivity contribution in [2.45, 2.75) is 33.6 Å². The van der Waals surface area contributed by atoms with Crippen molar-refractivity contribution in [3.63, 3.8) is 0 Å². The smallest absolute Gasteiger partial charge is 0.220 e. The van der Waals surface area contributed by atoms with Gasteiger partial charge in [-0.25, -0.2) is 0 Å². The molecule has 112 valence electrons. The second kappa shape index (κ2) is 7.90. The number of amides is 1. The Morgan fingerprint density at radius 1 is 1.40 bits per heavy atom. The van der Waals surface area contributed by atoms with Crippen LogP contribution in [0.15, 0.2) is 24.3 Å². The Hall–Kier alpha value is -1.55. The largest absolute Gasteiger partial charge is 0.494 e. The fourth-order valence-electron chi connectivity index (χ4n) is 1.61. The van der Waals surface area contributed by atoms with E-state index in [-0.39, 0.29) is 17.9 Å². The van der Waals surface area contributed by atoms with E-state index in [9.17, 15) is 4.79 Å². The fourth-order valence-corrected chi connectivity index (χ4v) is 1.61. The summed E-state index contributed by atoms with van der Waals surface area (Å²) in [5, 5.41) is 11.9. The molecule has 1 aromatic rings. The second-order valence-corrected chi connectivity index (χ2v) is 5.87. The van der Waals surface area contributed by atoms with Crippen molar-refractivity contribution in [3.05, 3.63) is 29.8 Å². The molecule has 0 atom stereocenters. The second-order valence-electron chi connectivity index (χ2n) is 5.87. The van der Waals surface area contributed by atoms with Crippen LogP contribution in [0.2, 0.25) is 0 Å². The molecular formula is C16H25NO3. The van der Waals surface area contributed by atoms with E-state index in [0.29, 0.717) is 26.0 Å². The van der Waals surface area contributed by atoms with E-state index in [0.717, 1.165) is 11.3 Å². The molecule has 0 saturated heterocycles. The van der Waals surface area contributed by atoms with Crippen molar-refractivity contribution >= 4 is 5.91 Å². The van der Waals surface area contributed by atoms with Crippen molar-refractivity contribution in [2.24, 2.45) is 5.41 Å². The van der Waals surface area contributed by atoms with Gasteiger partial charge in [0.15, 0.2) is 0 Å². The molecule has 0 aliphatic rings. The highest BCUT2D eigenvalue weighted by atomic mass is 16.5. The molecule has 4 heteroatoms. The molecule has 0 fully saturated rings. The predicted molar refractivity (Wildman–Crippen MR) is 79.8 cm³/mol. The molecule has 0 saturated carbocycles. The van der Waals surface area contributed by atoms with Gasteiger partial charge in [0.1, 0.15) is 5.75 Å². The number of aliphatic hydroxyl groups is 1. The summed E-state index contributed by atoms with van der Waals surface area (Å²) in [5.41, 5.74) is 0.889. The quantitative estimate of drug-likeness (QED) is 0.718. The maximum absolute atomic E-state index is 11.6. The molecule has 0 radical (unpaired) electrons. The summed E-state index contributed by atoms with van der Waals surface area (Å²) >= 11 is 0. The van der Waals surface area contributed by atoms with Gasteiger partial charge in [0.2, 0.25) is 5.91 Å². The Morgan fingerprint density at radius 2 is 2.15 bits per heavy atom. The van der Waals surface area contributed by atoms with Crippen LogP contribution in [0.25, 0.3) is 0 Å². The molecule has 0 bridgehead atoms. The third-order valence-electron chi connectivity index (χ3n) is 3.00. The van der Waals surface area contributed by atoms with Crippen LogP contribution in [-0.4, -0.2) is 30.8 Å². The van der Waals surface area contributed by atoms with Gasteiger partial charge < -0.3 is 15.2 Å². The molecule has 1 aromatic carbocycles. The van der Waals surface area contributed by atoms with E-state index < -0.39 is 0 Å². The molecule has 2 N–H and O–H groups in total. The van der Waals surface area contributed by atoms with Crippen molar-refractivity contribution < 1.29 is 14.6 Å². The zero-order chi connectivity index (χ0) is 15.0. The lowest BCUT2D eigenvalue weighted by Crippen LogP contribution is -2.36. The van der Waals surface area contributed by atoms with Crippen LogP contribution in [0.4, 0.5) is 0 Å². The van der Waals surface area contributed by atoms with Gasteiger partial charge in [-0.15, -0.1) is 0 Å². The lowest BCUT2D eigenvalue weighted by Gasteiger charge is -2.21. The predicted octanol–water partition coefficient (Wildman–Crippen LogP) is 2.29. The van der Waals surface area contributed by atoms with Crippen LogP contribution in [0.5, 0.6) is 5.75 Å². The minimum Gasteiger partial charge on any atom is -0.494 e. The maximum atomic E-state index is 11.6. The van der Waals surface area contributed by atoms with Crippen LogP contribution in [-0.2, 0) is 4.79 Å². The highest BCUT2D eigenvalue weighted by Gasteiger charge is 2.17. The lowest BCUT2D eigenvalue weighted by molar-refractivity contribution is -0.121. The average Bonchev–Trinajstić information content (AvgIpc) is 2.42. The number of carbonyl (C=O) groups excluding carboxylic acids is 1. The van der Waals surface area contributed by atoms with Gasteiger partial charge in [0.05, 0.1) is 6.61 Å². The number of hydrogen-bond donors (Lipinski definition) is 2. The van der Waals surface area contributed by atoms with E-state index in [4.69, 9.17) is 9.84 Å². The summed E-state index contributed by atoms with van der Waals surface area (Å²) in [5.74, 6) is 0.839. The molecule has 0 heterocycles. The Balaban J connectivity index is 2.16. The Kier molecular flexibility index (Phi) is 6.52. The lowest BCUT2D eigenvalue weighted by atomic mass is 9.95. The average molecular weight is 279 g/mol. The number of hydrogen-bond acceptors (Lipinski definition) is 3. The number of nitrogens with one attached hydrogen (secondary N) is 1. The maximum Gasteiger partial charge on any atom is 0.220 e. The van der Waals surface area contributed by atoms with Crippen molar-refractivity contribution in [3.8, 4) is 5.75 Å². The van der Waals surface area contributed by atoms with Crippen molar-refractivity contribution in [1.29, 1.82) is 0 Å².